The van der Waals surface area contributed by atoms with Crippen LogP contribution in [0.1, 0.15) is 44.9 Å². The highest BCUT2D eigenvalue weighted by Gasteiger charge is 2.19. The molecule has 100 valence electrons. The number of nitrogens with two attached hydrogens (primary N) is 1. The molecule has 1 unspecified atom stereocenters. The molecule has 18 heavy (non-hydrogen) atoms. The standard InChI is InChI=1S/C16H25NO/c17-16(14-8-4-1-2-5-9-14)12-13-18-15-10-6-3-7-11-15/h3,6-7,10-11,14,16H,1-2,4-5,8-9,12-13,17H2. The maximum Gasteiger partial charge on any atom is 0.119 e. The van der Waals surface area contributed by atoms with Crippen molar-refractivity contribution in [2.24, 2.45) is 11.7 Å². The number of benzene rings is 1. The van der Waals surface area contributed by atoms with Crippen LogP contribution in [0.3, 0.4) is 0 Å². The van der Waals surface area contributed by atoms with Crippen molar-refractivity contribution in [3.05, 3.63) is 30.3 Å². The van der Waals surface area contributed by atoms with Gasteiger partial charge in [-0.2, -0.15) is 0 Å². The first-order chi connectivity index (χ1) is 8.86. The van der Waals surface area contributed by atoms with Gasteiger partial charge >= 0.3 is 0 Å². The topological polar surface area (TPSA) is 35.2 Å². The van der Waals surface area contributed by atoms with E-state index in [9.17, 15) is 0 Å². The average Bonchev–Trinajstić information content (AvgIpc) is 2.69. The average molecular weight is 247 g/mol. The highest BCUT2D eigenvalue weighted by molar-refractivity contribution is 5.20. The summed E-state index contributed by atoms with van der Waals surface area (Å²) in [6.45, 7) is 0.738. The Morgan fingerprint density at radius 3 is 2.39 bits per heavy atom. The monoisotopic (exact) mass is 247 g/mol. The summed E-state index contributed by atoms with van der Waals surface area (Å²) in [6, 6.07) is 10.3. The molecule has 1 aromatic rings. The Balaban J connectivity index is 1.69. The molecule has 0 bridgehead atoms. The lowest BCUT2D eigenvalue weighted by Crippen LogP contribution is -2.31. The largest absolute Gasteiger partial charge is 0.494 e. The van der Waals surface area contributed by atoms with E-state index in [0.29, 0.717) is 12.0 Å². The summed E-state index contributed by atoms with van der Waals surface area (Å²) in [5, 5.41) is 0. The smallest absolute Gasteiger partial charge is 0.119 e. The molecule has 1 fully saturated rings. The van der Waals surface area contributed by atoms with Crippen LogP contribution in [0.25, 0.3) is 0 Å². The predicted molar refractivity (Wildman–Crippen MR) is 75.7 cm³/mol. The fourth-order valence-electron chi connectivity index (χ4n) is 2.80. The zero-order chi connectivity index (χ0) is 12.6. The molecule has 2 nitrogen and oxygen atoms in total. The van der Waals surface area contributed by atoms with Crippen LogP contribution in [0.2, 0.25) is 0 Å². The molecule has 0 aromatic heterocycles. The van der Waals surface area contributed by atoms with Crippen molar-refractivity contribution in [2.45, 2.75) is 51.0 Å². The van der Waals surface area contributed by atoms with Gasteiger partial charge in [0.1, 0.15) is 5.75 Å². The van der Waals surface area contributed by atoms with E-state index in [2.05, 4.69) is 0 Å². The SMILES string of the molecule is NC(CCOc1ccccc1)C1CCCCCC1. The van der Waals surface area contributed by atoms with Gasteiger partial charge in [-0.1, -0.05) is 43.9 Å². The van der Waals surface area contributed by atoms with Crippen LogP contribution in [-0.2, 0) is 0 Å². The summed E-state index contributed by atoms with van der Waals surface area (Å²) in [6.07, 6.45) is 9.10. The minimum Gasteiger partial charge on any atom is -0.494 e. The van der Waals surface area contributed by atoms with Gasteiger partial charge in [-0.05, 0) is 37.3 Å². The first kappa shape index (κ1) is 13.4. The number of ether oxygens (including phenoxy) is 1. The molecule has 0 saturated heterocycles. The van der Waals surface area contributed by atoms with Crippen LogP contribution in [0, 0.1) is 5.92 Å². The Morgan fingerprint density at radius 1 is 1.06 bits per heavy atom. The molecule has 0 aliphatic heterocycles. The zero-order valence-corrected chi connectivity index (χ0v) is 11.2. The second-order valence-electron chi connectivity index (χ2n) is 5.37. The van der Waals surface area contributed by atoms with Crippen molar-refractivity contribution >= 4 is 0 Å². The maximum atomic E-state index is 6.30. The Bertz CT molecular complexity index is 317. The van der Waals surface area contributed by atoms with Gasteiger partial charge in [-0.25, -0.2) is 0 Å². The Morgan fingerprint density at radius 2 is 1.72 bits per heavy atom. The Kier molecular flexibility index (Phi) is 5.53. The molecule has 1 atom stereocenters. The van der Waals surface area contributed by atoms with Crippen molar-refractivity contribution in [3.63, 3.8) is 0 Å². The van der Waals surface area contributed by atoms with E-state index in [1.807, 2.05) is 30.3 Å². The summed E-state index contributed by atoms with van der Waals surface area (Å²) in [5.74, 6) is 1.66. The van der Waals surface area contributed by atoms with Crippen LogP contribution in [0.5, 0.6) is 5.75 Å². The van der Waals surface area contributed by atoms with E-state index in [1.54, 1.807) is 0 Å². The molecule has 1 aromatic carbocycles. The molecule has 2 rings (SSSR count). The van der Waals surface area contributed by atoms with Crippen LogP contribution in [0.4, 0.5) is 0 Å². The number of hydrogen-bond acceptors (Lipinski definition) is 2. The summed E-state index contributed by atoms with van der Waals surface area (Å²) in [4.78, 5) is 0. The van der Waals surface area contributed by atoms with E-state index in [-0.39, 0.29) is 0 Å². The first-order valence-electron chi connectivity index (χ1n) is 7.29. The highest BCUT2D eigenvalue weighted by Crippen LogP contribution is 2.26. The fraction of sp³-hybridized carbons (Fsp3) is 0.625. The molecule has 0 amide bonds. The lowest BCUT2D eigenvalue weighted by Gasteiger charge is -2.22. The van der Waals surface area contributed by atoms with Gasteiger partial charge in [0.25, 0.3) is 0 Å². The van der Waals surface area contributed by atoms with E-state index in [0.717, 1.165) is 18.8 Å². The normalized spacial score (nSPS) is 19.2. The predicted octanol–water partition coefficient (Wildman–Crippen LogP) is 3.75. The van der Waals surface area contributed by atoms with Crippen LogP contribution in [0.15, 0.2) is 30.3 Å². The van der Waals surface area contributed by atoms with Gasteiger partial charge < -0.3 is 10.5 Å². The van der Waals surface area contributed by atoms with E-state index in [1.165, 1.54) is 38.5 Å². The summed E-state index contributed by atoms with van der Waals surface area (Å²) in [7, 11) is 0. The second-order valence-corrected chi connectivity index (χ2v) is 5.37. The highest BCUT2D eigenvalue weighted by atomic mass is 16.5. The molecule has 2 N–H and O–H groups in total. The summed E-state index contributed by atoms with van der Waals surface area (Å²) >= 11 is 0. The number of para-hydroxylation sites is 1. The maximum absolute atomic E-state index is 6.30. The van der Waals surface area contributed by atoms with E-state index < -0.39 is 0 Å². The molecule has 1 aliphatic rings. The molecule has 0 heterocycles. The third-order valence-corrected chi connectivity index (χ3v) is 3.97. The van der Waals surface area contributed by atoms with Gasteiger partial charge in [0.15, 0.2) is 0 Å². The number of hydrogen-bond donors (Lipinski definition) is 1. The summed E-state index contributed by atoms with van der Waals surface area (Å²) in [5.41, 5.74) is 6.30. The summed E-state index contributed by atoms with van der Waals surface area (Å²) < 4.78 is 5.72. The third-order valence-electron chi connectivity index (χ3n) is 3.97. The Labute approximate surface area is 111 Å². The molecular weight excluding hydrogens is 222 g/mol. The minimum atomic E-state index is 0.312. The van der Waals surface area contributed by atoms with Gasteiger partial charge in [0, 0.05) is 6.04 Å². The Hall–Kier alpha value is -1.02. The van der Waals surface area contributed by atoms with Gasteiger partial charge in [0.05, 0.1) is 6.61 Å². The lowest BCUT2D eigenvalue weighted by atomic mass is 9.91. The van der Waals surface area contributed by atoms with Crippen LogP contribution >= 0.6 is 0 Å². The van der Waals surface area contributed by atoms with E-state index in [4.69, 9.17) is 10.5 Å². The zero-order valence-electron chi connectivity index (χ0n) is 11.2. The van der Waals surface area contributed by atoms with Crippen LogP contribution < -0.4 is 10.5 Å². The molecule has 1 aliphatic carbocycles. The third kappa shape index (κ3) is 4.34. The van der Waals surface area contributed by atoms with Crippen molar-refractivity contribution in [1.82, 2.24) is 0 Å². The molecule has 2 heteroatoms. The minimum absolute atomic E-state index is 0.312. The second kappa shape index (κ2) is 7.42. The molecule has 0 spiro atoms. The van der Waals surface area contributed by atoms with Crippen molar-refractivity contribution in [3.8, 4) is 5.75 Å². The lowest BCUT2D eigenvalue weighted by molar-refractivity contribution is 0.263. The molecular formula is C16H25NO. The van der Waals surface area contributed by atoms with Crippen LogP contribution in [-0.4, -0.2) is 12.6 Å². The van der Waals surface area contributed by atoms with Gasteiger partial charge in [-0.15, -0.1) is 0 Å². The molecule has 0 radical (unpaired) electrons. The van der Waals surface area contributed by atoms with Crippen molar-refractivity contribution < 1.29 is 4.74 Å². The van der Waals surface area contributed by atoms with Gasteiger partial charge in [-0.3, -0.25) is 0 Å². The van der Waals surface area contributed by atoms with E-state index >= 15 is 0 Å². The van der Waals surface area contributed by atoms with Crippen molar-refractivity contribution in [2.75, 3.05) is 6.61 Å². The number of rotatable bonds is 5. The molecule has 1 saturated carbocycles. The quantitative estimate of drug-likeness (QED) is 0.804. The van der Waals surface area contributed by atoms with Crippen molar-refractivity contribution in [1.29, 1.82) is 0 Å². The van der Waals surface area contributed by atoms with Gasteiger partial charge in [0.2, 0.25) is 0 Å². The first-order valence-corrected chi connectivity index (χ1v) is 7.29. The fourth-order valence-corrected chi connectivity index (χ4v) is 2.80.